The second kappa shape index (κ2) is 11.3. The van der Waals surface area contributed by atoms with Gasteiger partial charge in [0, 0.05) is 44.8 Å². The van der Waals surface area contributed by atoms with Crippen LogP contribution in [0.3, 0.4) is 0 Å². The van der Waals surface area contributed by atoms with E-state index in [1.165, 1.54) is 11.1 Å². The molecule has 2 bridgehead atoms. The number of fused-ring (bicyclic) bond motifs is 3. The number of hydrogen-bond acceptors (Lipinski definition) is 5. The molecule has 2 N–H and O–H groups in total. The van der Waals surface area contributed by atoms with Crippen LogP contribution in [0.2, 0.25) is 0 Å². The number of ether oxygens (including phenoxy) is 3. The Balaban J connectivity index is 1.50. The van der Waals surface area contributed by atoms with Gasteiger partial charge in [0.1, 0.15) is 12.4 Å². The summed E-state index contributed by atoms with van der Waals surface area (Å²) >= 11 is 0. The number of hydrogen-bond donors (Lipinski definition) is 2. The predicted molar refractivity (Wildman–Crippen MR) is 120 cm³/mol. The normalized spacial score (nSPS) is 18.3. The van der Waals surface area contributed by atoms with Gasteiger partial charge in [0.2, 0.25) is 0 Å². The fraction of sp³-hybridized carbons (Fsp3) is 0.480. The predicted octanol–water partition coefficient (Wildman–Crippen LogP) is 2.93. The van der Waals surface area contributed by atoms with Crippen LogP contribution in [0, 0.1) is 5.92 Å². The number of carbonyl (C=O) groups is 1. The Bertz CT molecular complexity index is 864. The summed E-state index contributed by atoms with van der Waals surface area (Å²) < 4.78 is 17.0. The molecule has 0 spiro atoms. The first-order valence-corrected chi connectivity index (χ1v) is 11.3. The summed E-state index contributed by atoms with van der Waals surface area (Å²) in [5.74, 6) is 1.27. The van der Waals surface area contributed by atoms with Crippen molar-refractivity contribution in [2.24, 2.45) is 5.92 Å². The lowest BCUT2D eigenvalue weighted by Crippen LogP contribution is -2.32. The standard InChI is InChI=1S/C25H32N2O4/c28-25(27-18-19-6-9-29-10-7-19)22-4-5-24-23(16-22)15-20-2-1-3-21(14-20)17-26-8-11-30-12-13-31-24/h1-5,14,16,19,26H,6-13,15,17-18H2,(H,27,28). The fourth-order valence-electron chi connectivity index (χ4n) is 4.05. The van der Waals surface area contributed by atoms with E-state index >= 15 is 0 Å². The zero-order valence-electron chi connectivity index (χ0n) is 18.0. The Hall–Kier alpha value is -2.41. The zero-order chi connectivity index (χ0) is 21.3. The van der Waals surface area contributed by atoms with E-state index in [4.69, 9.17) is 14.2 Å². The van der Waals surface area contributed by atoms with Crippen molar-refractivity contribution in [2.45, 2.75) is 25.8 Å². The Morgan fingerprint density at radius 1 is 0.968 bits per heavy atom. The molecule has 0 saturated carbocycles. The summed E-state index contributed by atoms with van der Waals surface area (Å²) in [7, 11) is 0. The van der Waals surface area contributed by atoms with Crippen LogP contribution in [-0.4, -0.2) is 52.0 Å². The van der Waals surface area contributed by atoms with Crippen LogP contribution < -0.4 is 15.4 Å². The lowest BCUT2D eigenvalue weighted by molar-refractivity contribution is 0.0642. The van der Waals surface area contributed by atoms with E-state index in [2.05, 4.69) is 34.9 Å². The monoisotopic (exact) mass is 424 g/mol. The maximum absolute atomic E-state index is 12.8. The molecule has 6 heteroatoms. The Morgan fingerprint density at radius 2 is 1.81 bits per heavy atom. The summed E-state index contributed by atoms with van der Waals surface area (Å²) in [5, 5.41) is 6.51. The van der Waals surface area contributed by atoms with Gasteiger partial charge in [-0.1, -0.05) is 24.3 Å². The van der Waals surface area contributed by atoms with Crippen molar-refractivity contribution in [3.63, 3.8) is 0 Å². The topological polar surface area (TPSA) is 68.8 Å². The lowest BCUT2D eigenvalue weighted by atomic mass is 9.99. The average molecular weight is 425 g/mol. The molecular formula is C25H32N2O4. The molecule has 4 rings (SSSR count). The second-order valence-corrected chi connectivity index (χ2v) is 8.22. The molecule has 0 atom stereocenters. The molecule has 2 aromatic carbocycles. The number of amides is 1. The van der Waals surface area contributed by atoms with Crippen LogP contribution in [0.1, 0.15) is 39.9 Å². The molecule has 6 nitrogen and oxygen atoms in total. The van der Waals surface area contributed by atoms with Gasteiger partial charge >= 0.3 is 0 Å². The van der Waals surface area contributed by atoms with Crippen molar-refractivity contribution >= 4 is 5.91 Å². The maximum atomic E-state index is 12.8. The summed E-state index contributed by atoms with van der Waals surface area (Å²) in [6, 6.07) is 14.3. The van der Waals surface area contributed by atoms with Crippen molar-refractivity contribution in [3.8, 4) is 5.75 Å². The van der Waals surface area contributed by atoms with Crippen LogP contribution in [0.15, 0.2) is 42.5 Å². The van der Waals surface area contributed by atoms with Crippen LogP contribution in [0.5, 0.6) is 5.75 Å². The highest BCUT2D eigenvalue weighted by molar-refractivity contribution is 5.94. The number of carbonyl (C=O) groups excluding carboxylic acids is 1. The SMILES string of the molecule is O=C(NCC1CCOCC1)c1ccc2c(c1)Cc1cccc(c1)CNCCOCCO2. The molecule has 2 aliphatic heterocycles. The maximum Gasteiger partial charge on any atom is 0.251 e. The largest absolute Gasteiger partial charge is 0.491 e. The van der Waals surface area contributed by atoms with Crippen molar-refractivity contribution in [1.29, 1.82) is 0 Å². The molecule has 166 valence electrons. The third-order valence-corrected chi connectivity index (χ3v) is 5.84. The molecular weight excluding hydrogens is 392 g/mol. The third kappa shape index (κ3) is 6.53. The summed E-state index contributed by atoms with van der Waals surface area (Å²) in [4.78, 5) is 12.8. The summed E-state index contributed by atoms with van der Waals surface area (Å²) in [5.41, 5.74) is 4.13. The molecule has 31 heavy (non-hydrogen) atoms. The van der Waals surface area contributed by atoms with E-state index in [-0.39, 0.29) is 5.91 Å². The van der Waals surface area contributed by atoms with Gasteiger partial charge in [-0.2, -0.15) is 0 Å². The molecule has 2 aliphatic rings. The highest BCUT2D eigenvalue weighted by Gasteiger charge is 2.16. The molecule has 0 unspecified atom stereocenters. The first kappa shape index (κ1) is 21.8. The van der Waals surface area contributed by atoms with E-state index in [9.17, 15) is 4.79 Å². The van der Waals surface area contributed by atoms with E-state index in [0.717, 1.165) is 50.5 Å². The van der Waals surface area contributed by atoms with Crippen molar-refractivity contribution in [2.75, 3.05) is 46.1 Å². The molecule has 2 heterocycles. The first-order valence-electron chi connectivity index (χ1n) is 11.3. The summed E-state index contributed by atoms with van der Waals surface area (Å²) in [6.45, 7) is 5.58. The Morgan fingerprint density at radius 3 is 2.71 bits per heavy atom. The van der Waals surface area contributed by atoms with E-state index in [1.54, 1.807) is 0 Å². The Kier molecular flexibility index (Phi) is 7.93. The Labute approximate surface area is 184 Å². The van der Waals surface area contributed by atoms with Crippen molar-refractivity contribution < 1.29 is 19.0 Å². The molecule has 2 aromatic rings. The van der Waals surface area contributed by atoms with Gasteiger partial charge in [-0.15, -0.1) is 0 Å². The van der Waals surface area contributed by atoms with Gasteiger partial charge < -0.3 is 24.8 Å². The van der Waals surface area contributed by atoms with Gasteiger partial charge in [-0.3, -0.25) is 4.79 Å². The van der Waals surface area contributed by atoms with E-state index < -0.39 is 0 Å². The van der Waals surface area contributed by atoms with Gasteiger partial charge in [-0.25, -0.2) is 0 Å². The second-order valence-electron chi connectivity index (χ2n) is 8.22. The molecule has 0 aliphatic carbocycles. The molecule has 0 radical (unpaired) electrons. The quantitative estimate of drug-likeness (QED) is 0.793. The van der Waals surface area contributed by atoms with Crippen LogP contribution in [-0.2, 0) is 22.4 Å². The van der Waals surface area contributed by atoms with Crippen LogP contribution in [0.25, 0.3) is 0 Å². The molecule has 0 aromatic heterocycles. The third-order valence-electron chi connectivity index (χ3n) is 5.84. The first-order chi connectivity index (χ1) is 15.3. The number of benzene rings is 2. The fourth-order valence-corrected chi connectivity index (χ4v) is 4.05. The van der Waals surface area contributed by atoms with Gasteiger partial charge in [0.05, 0.1) is 13.2 Å². The molecule has 1 amide bonds. The van der Waals surface area contributed by atoms with Gasteiger partial charge in [-0.05, 0) is 53.6 Å². The van der Waals surface area contributed by atoms with E-state index in [0.29, 0.717) is 44.3 Å². The molecule has 1 saturated heterocycles. The smallest absolute Gasteiger partial charge is 0.251 e. The highest BCUT2D eigenvalue weighted by Crippen LogP contribution is 2.24. The van der Waals surface area contributed by atoms with Crippen LogP contribution in [0.4, 0.5) is 0 Å². The van der Waals surface area contributed by atoms with E-state index in [1.807, 2.05) is 18.2 Å². The number of nitrogens with one attached hydrogen (secondary N) is 2. The lowest BCUT2D eigenvalue weighted by Gasteiger charge is -2.22. The van der Waals surface area contributed by atoms with Crippen molar-refractivity contribution in [1.82, 2.24) is 10.6 Å². The van der Waals surface area contributed by atoms with Gasteiger partial charge in [0.15, 0.2) is 0 Å². The summed E-state index contributed by atoms with van der Waals surface area (Å²) in [6.07, 6.45) is 2.72. The number of rotatable bonds is 3. The average Bonchev–Trinajstić information content (AvgIpc) is 2.80. The van der Waals surface area contributed by atoms with Gasteiger partial charge in [0.25, 0.3) is 5.91 Å². The van der Waals surface area contributed by atoms with Crippen molar-refractivity contribution in [3.05, 3.63) is 64.7 Å². The highest BCUT2D eigenvalue weighted by atomic mass is 16.5. The minimum atomic E-state index is -0.0324. The minimum absolute atomic E-state index is 0.0324. The van der Waals surface area contributed by atoms with Crippen LogP contribution >= 0.6 is 0 Å². The molecule has 1 fully saturated rings. The minimum Gasteiger partial charge on any atom is -0.491 e. The zero-order valence-corrected chi connectivity index (χ0v) is 18.0.